The molecule has 40 heavy (non-hydrogen) atoms. The quantitative estimate of drug-likeness (QED) is 0.149. The maximum absolute atomic E-state index is 11.0. The molecule has 5 heterocycles. The molecule has 2 saturated heterocycles. The topological polar surface area (TPSA) is 193 Å². The number of tetrazole rings is 1. The average Bonchev–Trinajstić information content (AvgIpc) is 3.78. The molecular formula is C25H33N11O4. The largest absolute Gasteiger partial charge is 0.394 e. The van der Waals surface area contributed by atoms with Gasteiger partial charge in [0.15, 0.2) is 29.3 Å². The second-order valence-electron chi connectivity index (χ2n) is 10.0. The highest BCUT2D eigenvalue weighted by Gasteiger charge is 2.47. The van der Waals surface area contributed by atoms with Crippen molar-refractivity contribution in [3.63, 3.8) is 0 Å². The number of aliphatic hydroxyl groups excluding tert-OH is 3. The monoisotopic (exact) mass is 551 g/mol. The number of anilines is 2. The summed E-state index contributed by atoms with van der Waals surface area (Å²) in [4.78, 5) is 15.4. The predicted octanol–water partition coefficient (Wildman–Crippen LogP) is -0.386. The van der Waals surface area contributed by atoms with E-state index in [4.69, 9.17) is 14.7 Å². The molecule has 15 nitrogen and oxygen atoms in total. The molecule has 212 valence electrons. The second kappa shape index (κ2) is 11.4. The molecule has 2 aliphatic heterocycles. The summed E-state index contributed by atoms with van der Waals surface area (Å²) in [6, 6.07) is 9.68. The first-order valence-corrected chi connectivity index (χ1v) is 13.5. The molecule has 2 aliphatic rings. The van der Waals surface area contributed by atoms with Crippen LogP contribution in [0.5, 0.6) is 0 Å². The van der Waals surface area contributed by atoms with Gasteiger partial charge in [-0.15, -0.1) is 10.2 Å². The summed E-state index contributed by atoms with van der Waals surface area (Å²) in [6.45, 7) is 3.92. The van der Waals surface area contributed by atoms with Crippen LogP contribution in [-0.2, 0) is 17.7 Å². The number of nitrogens with one attached hydrogen (secondary N) is 3. The molecule has 0 amide bonds. The fourth-order valence-electron chi connectivity index (χ4n) is 5.09. The molecule has 0 radical (unpaired) electrons. The van der Waals surface area contributed by atoms with Crippen LogP contribution in [-0.4, -0.2) is 99.0 Å². The Bertz CT molecular complexity index is 1420. The van der Waals surface area contributed by atoms with Crippen molar-refractivity contribution < 1.29 is 20.1 Å². The molecule has 2 fully saturated rings. The lowest BCUT2D eigenvalue weighted by Gasteiger charge is -2.20. The van der Waals surface area contributed by atoms with Crippen LogP contribution in [0.25, 0.3) is 11.2 Å². The number of ether oxygens (including phenoxy) is 1. The number of aryl methyl sites for hydroxylation is 1. The summed E-state index contributed by atoms with van der Waals surface area (Å²) in [5.74, 6) is 0.989. The van der Waals surface area contributed by atoms with E-state index in [1.54, 1.807) is 4.57 Å². The minimum Gasteiger partial charge on any atom is -0.394 e. The van der Waals surface area contributed by atoms with E-state index in [-0.39, 0.29) is 24.5 Å². The van der Waals surface area contributed by atoms with E-state index in [0.29, 0.717) is 35.9 Å². The van der Waals surface area contributed by atoms with Gasteiger partial charge in [0.1, 0.15) is 12.2 Å². The number of imidazole rings is 1. The van der Waals surface area contributed by atoms with Crippen molar-refractivity contribution in [2.24, 2.45) is 0 Å². The van der Waals surface area contributed by atoms with Crippen molar-refractivity contribution in [3.8, 4) is 0 Å². The summed E-state index contributed by atoms with van der Waals surface area (Å²) in [5.41, 5.74) is 1.89. The van der Waals surface area contributed by atoms with Gasteiger partial charge in [-0.3, -0.25) is 4.57 Å². The SMILES string of the molecule is CCn1nnc([C@H]2O[C@@H](n3cnc4c(N[C@H](CO)Cc5ccccc5)nc(NC5CCNC5)nc43)[C@H](O)[C@@H]2O)n1. The first kappa shape index (κ1) is 26.5. The van der Waals surface area contributed by atoms with Crippen LogP contribution in [0.4, 0.5) is 11.8 Å². The molecule has 0 saturated carbocycles. The zero-order valence-electron chi connectivity index (χ0n) is 22.0. The zero-order chi connectivity index (χ0) is 27.6. The Morgan fingerprint density at radius 2 is 2.02 bits per heavy atom. The summed E-state index contributed by atoms with van der Waals surface area (Å²) < 4.78 is 7.64. The minimum absolute atomic E-state index is 0.125. The van der Waals surface area contributed by atoms with Gasteiger partial charge in [-0.25, -0.2) is 4.98 Å². The Morgan fingerprint density at radius 3 is 2.75 bits per heavy atom. The number of aliphatic hydroxyl groups is 3. The Hall–Kier alpha value is -3.76. The number of hydrogen-bond acceptors (Lipinski definition) is 13. The molecule has 1 unspecified atom stereocenters. The van der Waals surface area contributed by atoms with Crippen molar-refractivity contribution in [1.29, 1.82) is 0 Å². The van der Waals surface area contributed by atoms with Crippen LogP contribution in [0.1, 0.15) is 37.1 Å². The van der Waals surface area contributed by atoms with Crippen LogP contribution in [0, 0.1) is 0 Å². The zero-order valence-corrected chi connectivity index (χ0v) is 22.0. The van der Waals surface area contributed by atoms with E-state index in [1.807, 2.05) is 37.3 Å². The van der Waals surface area contributed by atoms with Crippen molar-refractivity contribution in [2.75, 3.05) is 30.3 Å². The van der Waals surface area contributed by atoms with Crippen LogP contribution >= 0.6 is 0 Å². The highest BCUT2D eigenvalue weighted by molar-refractivity contribution is 5.84. The predicted molar refractivity (Wildman–Crippen MR) is 143 cm³/mol. The highest BCUT2D eigenvalue weighted by Crippen LogP contribution is 2.39. The third kappa shape index (κ3) is 5.21. The van der Waals surface area contributed by atoms with Gasteiger partial charge in [-0.05, 0) is 37.1 Å². The number of rotatable bonds is 10. The lowest BCUT2D eigenvalue weighted by Crippen LogP contribution is -2.29. The highest BCUT2D eigenvalue weighted by atomic mass is 16.6. The second-order valence-corrected chi connectivity index (χ2v) is 10.0. The molecular weight excluding hydrogens is 518 g/mol. The van der Waals surface area contributed by atoms with E-state index in [9.17, 15) is 15.3 Å². The number of nitrogens with zero attached hydrogens (tertiary/aromatic N) is 8. The van der Waals surface area contributed by atoms with E-state index < -0.39 is 24.5 Å². The van der Waals surface area contributed by atoms with Crippen LogP contribution in [0.15, 0.2) is 36.7 Å². The molecule has 3 aromatic heterocycles. The van der Waals surface area contributed by atoms with Gasteiger partial charge < -0.3 is 36.0 Å². The van der Waals surface area contributed by atoms with Gasteiger partial charge in [0.05, 0.1) is 25.5 Å². The standard InChI is InChI=1S/C25H33N11O4/c1-2-36-33-22(32-34-36)20-18(38)19(39)24(40-20)35-13-27-17-21(28-16(12-37)10-14-6-4-3-5-7-14)30-25(31-23(17)35)29-15-8-9-26-11-15/h3-7,13,15-16,18-20,24,26,37-39H,2,8-12H2,1H3,(H2,28,29,30,31)/t15?,16-,18-,19+,20-,24+/m0/s1. The third-order valence-corrected chi connectivity index (χ3v) is 7.22. The maximum atomic E-state index is 11.0. The van der Waals surface area contributed by atoms with Gasteiger partial charge >= 0.3 is 0 Å². The third-order valence-electron chi connectivity index (χ3n) is 7.22. The molecule has 0 spiro atoms. The van der Waals surface area contributed by atoms with Crippen LogP contribution < -0.4 is 16.0 Å². The lowest BCUT2D eigenvalue weighted by atomic mass is 10.1. The molecule has 15 heteroatoms. The summed E-state index contributed by atoms with van der Waals surface area (Å²) in [5, 5.41) is 54.1. The Morgan fingerprint density at radius 1 is 1.18 bits per heavy atom. The van der Waals surface area contributed by atoms with E-state index in [1.165, 1.54) is 11.1 Å². The van der Waals surface area contributed by atoms with Crippen LogP contribution in [0.3, 0.4) is 0 Å². The first-order chi connectivity index (χ1) is 19.5. The van der Waals surface area contributed by atoms with Gasteiger partial charge in [-0.2, -0.15) is 14.8 Å². The lowest BCUT2D eigenvalue weighted by molar-refractivity contribution is -0.0384. The Balaban J connectivity index is 1.33. The fraction of sp³-hybridized carbons (Fsp3) is 0.520. The van der Waals surface area contributed by atoms with Crippen molar-refractivity contribution in [2.45, 2.75) is 62.9 Å². The first-order valence-electron chi connectivity index (χ1n) is 13.5. The number of aromatic nitrogens is 8. The van der Waals surface area contributed by atoms with E-state index >= 15 is 0 Å². The molecule has 0 bridgehead atoms. The van der Waals surface area contributed by atoms with Gasteiger partial charge in [0.25, 0.3) is 0 Å². The summed E-state index contributed by atoms with van der Waals surface area (Å²) in [7, 11) is 0. The Kier molecular flexibility index (Phi) is 7.53. The molecule has 0 aliphatic carbocycles. The number of benzene rings is 1. The fourth-order valence-corrected chi connectivity index (χ4v) is 5.09. The van der Waals surface area contributed by atoms with Crippen molar-refractivity contribution in [3.05, 3.63) is 48.0 Å². The van der Waals surface area contributed by atoms with Crippen molar-refractivity contribution >= 4 is 22.9 Å². The minimum atomic E-state index is -1.30. The molecule has 1 aromatic carbocycles. The van der Waals surface area contributed by atoms with Gasteiger partial charge in [0, 0.05) is 12.6 Å². The summed E-state index contributed by atoms with van der Waals surface area (Å²) in [6.07, 6.45) is -1.60. The smallest absolute Gasteiger partial charge is 0.227 e. The van der Waals surface area contributed by atoms with E-state index in [0.717, 1.165) is 25.1 Å². The molecule has 4 aromatic rings. The van der Waals surface area contributed by atoms with E-state index in [2.05, 4.69) is 36.3 Å². The maximum Gasteiger partial charge on any atom is 0.227 e. The van der Waals surface area contributed by atoms with Crippen molar-refractivity contribution in [1.82, 2.24) is 45.0 Å². The van der Waals surface area contributed by atoms with Crippen LogP contribution in [0.2, 0.25) is 0 Å². The molecule has 6 N–H and O–H groups in total. The van der Waals surface area contributed by atoms with Gasteiger partial charge in [-0.1, -0.05) is 30.3 Å². The number of fused-ring (bicyclic) bond motifs is 1. The Labute approximate surface area is 229 Å². The molecule has 6 atom stereocenters. The number of hydrogen-bond donors (Lipinski definition) is 6. The summed E-state index contributed by atoms with van der Waals surface area (Å²) >= 11 is 0. The average molecular weight is 552 g/mol. The normalized spacial score (nSPS) is 25.4. The molecule has 6 rings (SSSR count). The van der Waals surface area contributed by atoms with Gasteiger partial charge in [0.2, 0.25) is 11.8 Å².